The minimum absolute atomic E-state index is 0.457. The molecule has 0 saturated carbocycles. The number of hydrogen-bond donors (Lipinski definition) is 0. The van der Waals surface area contributed by atoms with Gasteiger partial charge in [-0.05, 0) is 6.07 Å². The average Bonchev–Trinajstić information content (AvgIpc) is 2.38. The Morgan fingerprint density at radius 3 is 2.69 bits per heavy atom. The van der Waals surface area contributed by atoms with Gasteiger partial charge in [-0.25, -0.2) is 9.97 Å². The Labute approximate surface area is 94.4 Å². The molecule has 0 bridgehead atoms. The highest BCUT2D eigenvalue weighted by Crippen LogP contribution is 2.15. The van der Waals surface area contributed by atoms with Crippen molar-refractivity contribution in [2.24, 2.45) is 0 Å². The van der Waals surface area contributed by atoms with Crippen molar-refractivity contribution in [1.29, 1.82) is 5.26 Å². The van der Waals surface area contributed by atoms with Crippen LogP contribution in [0.3, 0.4) is 0 Å². The van der Waals surface area contributed by atoms with Gasteiger partial charge >= 0.3 is 0 Å². The molecule has 0 N–H and O–H groups in total. The summed E-state index contributed by atoms with van der Waals surface area (Å²) >= 11 is 0. The van der Waals surface area contributed by atoms with Gasteiger partial charge in [-0.3, -0.25) is 0 Å². The standard InChI is InChI=1S/C13H11N3/c14-9-4-7-13-15-10-8-12(16-13)11-5-2-1-3-6-11/h1-3,5-6,8,10H,4,7H2. The fraction of sp³-hybridized carbons (Fsp3) is 0.154. The molecule has 0 aliphatic rings. The van der Waals surface area contributed by atoms with E-state index in [1.165, 1.54) is 0 Å². The summed E-state index contributed by atoms with van der Waals surface area (Å²) < 4.78 is 0. The smallest absolute Gasteiger partial charge is 0.129 e. The van der Waals surface area contributed by atoms with Gasteiger partial charge in [-0.15, -0.1) is 0 Å². The van der Waals surface area contributed by atoms with Crippen LogP contribution in [-0.4, -0.2) is 9.97 Å². The van der Waals surface area contributed by atoms with Gasteiger partial charge in [0.05, 0.1) is 11.8 Å². The van der Waals surface area contributed by atoms with E-state index in [9.17, 15) is 0 Å². The molecule has 16 heavy (non-hydrogen) atoms. The average molecular weight is 209 g/mol. The van der Waals surface area contributed by atoms with Gasteiger partial charge in [-0.1, -0.05) is 30.3 Å². The Hall–Kier alpha value is -2.21. The summed E-state index contributed by atoms with van der Waals surface area (Å²) in [6.45, 7) is 0. The van der Waals surface area contributed by atoms with E-state index < -0.39 is 0 Å². The second-order valence-electron chi connectivity index (χ2n) is 3.38. The first-order chi connectivity index (χ1) is 7.90. The van der Waals surface area contributed by atoms with Crippen molar-refractivity contribution >= 4 is 0 Å². The molecule has 0 atom stereocenters. The van der Waals surface area contributed by atoms with E-state index in [1.54, 1.807) is 6.20 Å². The minimum Gasteiger partial charge on any atom is -0.241 e. The van der Waals surface area contributed by atoms with E-state index in [-0.39, 0.29) is 0 Å². The molecule has 2 aromatic rings. The van der Waals surface area contributed by atoms with Crippen molar-refractivity contribution in [3.8, 4) is 17.3 Å². The largest absolute Gasteiger partial charge is 0.241 e. The summed E-state index contributed by atoms with van der Waals surface area (Å²) in [6.07, 6.45) is 2.80. The molecule has 0 fully saturated rings. The van der Waals surface area contributed by atoms with E-state index in [4.69, 9.17) is 5.26 Å². The molecular formula is C13H11N3. The van der Waals surface area contributed by atoms with Gasteiger partial charge in [0.25, 0.3) is 0 Å². The quantitative estimate of drug-likeness (QED) is 0.780. The molecule has 0 radical (unpaired) electrons. The van der Waals surface area contributed by atoms with Crippen LogP contribution in [-0.2, 0) is 6.42 Å². The summed E-state index contributed by atoms with van der Waals surface area (Å²) in [5.74, 6) is 0.725. The first-order valence-electron chi connectivity index (χ1n) is 5.14. The Morgan fingerprint density at radius 2 is 1.94 bits per heavy atom. The highest BCUT2D eigenvalue weighted by molar-refractivity contribution is 5.58. The van der Waals surface area contributed by atoms with Crippen molar-refractivity contribution in [3.05, 3.63) is 48.4 Å². The van der Waals surface area contributed by atoms with Crippen molar-refractivity contribution in [2.75, 3.05) is 0 Å². The zero-order valence-corrected chi connectivity index (χ0v) is 8.80. The fourth-order valence-corrected chi connectivity index (χ4v) is 1.46. The lowest BCUT2D eigenvalue weighted by molar-refractivity contribution is 0.887. The predicted molar refractivity (Wildman–Crippen MR) is 61.4 cm³/mol. The molecule has 2 rings (SSSR count). The van der Waals surface area contributed by atoms with Gasteiger partial charge < -0.3 is 0 Å². The van der Waals surface area contributed by atoms with E-state index >= 15 is 0 Å². The third-order valence-corrected chi connectivity index (χ3v) is 2.24. The van der Waals surface area contributed by atoms with Gasteiger partial charge in [0.2, 0.25) is 0 Å². The van der Waals surface area contributed by atoms with Crippen LogP contribution in [0.25, 0.3) is 11.3 Å². The van der Waals surface area contributed by atoms with E-state index in [1.807, 2.05) is 36.4 Å². The highest BCUT2D eigenvalue weighted by atomic mass is 14.9. The van der Waals surface area contributed by atoms with Crippen LogP contribution in [0.5, 0.6) is 0 Å². The highest BCUT2D eigenvalue weighted by Gasteiger charge is 2.01. The monoisotopic (exact) mass is 209 g/mol. The molecule has 0 aliphatic heterocycles. The van der Waals surface area contributed by atoms with Crippen LogP contribution in [0.4, 0.5) is 0 Å². The third kappa shape index (κ3) is 2.43. The van der Waals surface area contributed by atoms with Gasteiger partial charge in [-0.2, -0.15) is 5.26 Å². The molecule has 1 aromatic carbocycles. The van der Waals surface area contributed by atoms with Crippen LogP contribution in [0.15, 0.2) is 42.6 Å². The first kappa shape index (κ1) is 10.3. The molecule has 3 heteroatoms. The maximum atomic E-state index is 8.51. The SMILES string of the molecule is N#CCCc1nccc(-c2ccccc2)n1. The number of benzene rings is 1. The van der Waals surface area contributed by atoms with Crippen molar-refractivity contribution in [2.45, 2.75) is 12.8 Å². The van der Waals surface area contributed by atoms with Crippen LogP contribution in [0.1, 0.15) is 12.2 Å². The number of nitriles is 1. The number of aromatic nitrogens is 2. The van der Waals surface area contributed by atoms with Crippen LogP contribution < -0.4 is 0 Å². The second-order valence-corrected chi connectivity index (χ2v) is 3.38. The molecule has 1 heterocycles. The maximum Gasteiger partial charge on any atom is 0.129 e. The molecule has 0 amide bonds. The van der Waals surface area contributed by atoms with Crippen molar-refractivity contribution in [3.63, 3.8) is 0 Å². The minimum atomic E-state index is 0.457. The second kappa shape index (κ2) is 5.04. The molecule has 3 nitrogen and oxygen atoms in total. The summed E-state index contributed by atoms with van der Waals surface area (Å²) in [5.41, 5.74) is 1.98. The zero-order chi connectivity index (χ0) is 11.2. The van der Waals surface area contributed by atoms with E-state index in [2.05, 4.69) is 16.0 Å². The van der Waals surface area contributed by atoms with Crippen molar-refractivity contribution in [1.82, 2.24) is 9.97 Å². The number of nitrogens with zero attached hydrogens (tertiary/aromatic N) is 3. The number of rotatable bonds is 3. The van der Waals surface area contributed by atoms with E-state index in [0.717, 1.165) is 17.1 Å². The lowest BCUT2D eigenvalue weighted by Gasteiger charge is -2.02. The molecule has 1 aromatic heterocycles. The Bertz CT molecular complexity index is 500. The summed E-state index contributed by atoms with van der Waals surface area (Å²) in [7, 11) is 0. The summed E-state index contributed by atoms with van der Waals surface area (Å²) in [6, 6.07) is 13.9. The van der Waals surface area contributed by atoms with Crippen LogP contribution in [0.2, 0.25) is 0 Å². The van der Waals surface area contributed by atoms with Crippen LogP contribution in [0, 0.1) is 11.3 Å². The molecular weight excluding hydrogens is 198 g/mol. The first-order valence-corrected chi connectivity index (χ1v) is 5.14. The molecule has 0 aliphatic carbocycles. The predicted octanol–water partition coefficient (Wildman–Crippen LogP) is 2.60. The van der Waals surface area contributed by atoms with Crippen LogP contribution >= 0.6 is 0 Å². The van der Waals surface area contributed by atoms with Gasteiger partial charge in [0.1, 0.15) is 5.82 Å². The fourth-order valence-electron chi connectivity index (χ4n) is 1.46. The maximum absolute atomic E-state index is 8.51. The Kier molecular flexibility index (Phi) is 3.25. The normalized spacial score (nSPS) is 9.69. The molecule has 0 saturated heterocycles. The lowest BCUT2D eigenvalue weighted by Crippen LogP contribution is -1.95. The molecule has 78 valence electrons. The number of hydrogen-bond acceptors (Lipinski definition) is 3. The lowest BCUT2D eigenvalue weighted by atomic mass is 10.1. The molecule has 0 unspecified atom stereocenters. The third-order valence-electron chi connectivity index (χ3n) is 2.24. The zero-order valence-electron chi connectivity index (χ0n) is 8.80. The van der Waals surface area contributed by atoms with E-state index in [0.29, 0.717) is 12.8 Å². The Morgan fingerprint density at radius 1 is 1.12 bits per heavy atom. The van der Waals surface area contributed by atoms with Gasteiger partial charge in [0.15, 0.2) is 0 Å². The number of aryl methyl sites for hydroxylation is 1. The summed E-state index contributed by atoms with van der Waals surface area (Å²) in [4.78, 5) is 8.56. The summed E-state index contributed by atoms with van der Waals surface area (Å²) in [5, 5.41) is 8.51. The topological polar surface area (TPSA) is 49.6 Å². The van der Waals surface area contributed by atoms with Crippen molar-refractivity contribution < 1.29 is 0 Å². The Balaban J connectivity index is 2.26. The van der Waals surface area contributed by atoms with Gasteiger partial charge in [0, 0.05) is 24.6 Å². The molecule has 0 spiro atoms.